The molecule has 6 nitrogen and oxygen atoms in total. The summed E-state index contributed by atoms with van der Waals surface area (Å²) in [6.45, 7) is 5.86. The molecule has 1 saturated heterocycles. The summed E-state index contributed by atoms with van der Waals surface area (Å²) in [4.78, 5) is 9.65. The van der Waals surface area contributed by atoms with Crippen molar-refractivity contribution in [2.75, 3.05) is 26.2 Å². The molecule has 0 unspecified atom stereocenters. The van der Waals surface area contributed by atoms with Crippen molar-refractivity contribution in [2.24, 2.45) is 0 Å². The van der Waals surface area contributed by atoms with Crippen LogP contribution in [0.15, 0.2) is 57.7 Å². The molecule has 5 rings (SSSR count). The van der Waals surface area contributed by atoms with E-state index >= 15 is 0 Å². The molecule has 0 bridgehead atoms. The molecular formula is C20H20N4O2S. The van der Waals surface area contributed by atoms with Crippen molar-refractivity contribution in [3.8, 4) is 11.5 Å². The lowest BCUT2D eigenvalue weighted by molar-refractivity contribution is 0.120. The number of benzene rings is 1. The quantitative estimate of drug-likeness (QED) is 0.524. The lowest BCUT2D eigenvalue weighted by atomic mass is 10.2. The van der Waals surface area contributed by atoms with E-state index in [4.69, 9.17) is 13.9 Å². The fourth-order valence-corrected chi connectivity index (χ4v) is 4.44. The van der Waals surface area contributed by atoms with Gasteiger partial charge in [-0.2, -0.15) is 0 Å². The summed E-state index contributed by atoms with van der Waals surface area (Å²) >= 11 is 1.80. The molecule has 4 aromatic rings. The maximum atomic E-state index is 5.39. The topological polar surface area (TPSA) is 58.5 Å². The van der Waals surface area contributed by atoms with Crippen molar-refractivity contribution in [1.29, 1.82) is 0 Å². The fourth-order valence-electron chi connectivity index (χ4n) is 3.43. The molecule has 27 heavy (non-hydrogen) atoms. The van der Waals surface area contributed by atoms with Gasteiger partial charge in [0.05, 0.1) is 28.7 Å². The third kappa shape index (κ3) is 3.66. The smallest absolute Gasteiger partial charge is 0.202 e. The minimum Gasteiger partial charge on any atom is -0.461 e. The van der Waals surface area contributed by atoms with Gasteiger partial charge in [-0.3, -0.25) is 9.80 Å². The Balaban J connectivity index is 1.16. The largest absolute Gasteiger partial charge is 0.461 e. The predicted molar refractivity (Wildman–Crippen MR) is 104 cm³/mol. The lowest BCUT2D eigenvalue weighted by Crippen LogP contribution is -2.45. The summed E-state index contributed by atoms with van der Waals surface area (Å²) in [6, 6.07) is 14.0. The number of piperazine rings is 1. The zero-order valence-electron chi connectivity index (χ0n) is 14.9. The van der Waals surface area contributed by atoms with Crippen molar-refractivity contribution < 1.29 is 8.94 Å². The Hall–Kier alpha value is -2.48. The van der Waals surface area contributed by atoms with Gasteiger partial charge in [0, 0.05) is 38.8 Å². The van der Waals surface area contributed by atoms with Crippen LogP contribution in [-0.2, 0) is 13.1 Å². The van der Waals surface area contributed by atoms with E-state index < -0.39 is 0 Å². The minimum absolute atomic E-state index is 0.685. The third-order valence-electron chi connectivity index (χ3n) is 4.87. The van der Waals surface area contributed by atoms with Crippen LogP contribution in [0.2, 0.25) is 0 Å². The first-order valence-electron chi connectivity index (χ1n) is 9.12. The van der Waals surface area contributed by atoms with E-state index in [1.54, 1.807) is 17.6 Å². The maximum absolute atomic E-state index is 5.39. The van der Waals surface area contributed by atoms with E-state index in [1.165, 1.54) is 9.71 Å². The van der Waals surface area contributed by atoms with Crippen LogP contribution in [0.5, 0.6) is 0 Å². The lowest BCUT2D eigenvalue weighted by Gasteiger charge is -2.33. The van der Waals surface area contributed by atoms with Crippen molar-refractivity contribution in [2.45, 2.75) is 13.1 Å². The average Bonchev–Trinajstić information content (AvgIpc) is 3.43. The molecule has 4 heterocycles. The Morgan fingerprint density at radius 2 is 1.74 bits per heavy atom. The molecule has 0 N–H and O–H groups in total. The number of hydrogen-bond acceptors (Lipinski definition) is 7. The highest BCUT2D eigenvalue weighted by atomic mass is 32.1. The van der Waals surface area contributed by atoms with Gasteiger partial charge >= 0.3 is 0 Å². The van der Waals surface area contributed by atoms with Crippen molar-refractivity contribution in [3.63, 3.8) is 0 Å². The van der Waals surface area contributed by atoms with Crippen molar-refractivity contribution in [3.05, 3.63) is 59.4 Å². The first kappa shape index (κ1) is 16.7. The molecule has 3 aromatic heterocycles. The number of furan rings is 1. The highest BCUT2D eigenvalue weighted by Gasteiger charge is 2.20. The number of thiazole rings is 1. The Morgan fingerprint density at radius 1 is 0.926 bits per heavy atom. The first-order valence-corrected chi connectivity index (χ1v) is 9.94. The number of rotatable bonds is 5. The predicted octanol–water partition coefficient (Wildman–Crippen LogP) is 3.86. The highest BCUT2D eigenvalue weighted by molar-refractivity contribution is 7.18. The average molecular weight is 380 g/mol. The molecule has 138 valence electrons. The zero-order valence-corrected chi connectivity index (χ0v) is 15.7. The summed E-state index contributed by atoms with van der Waals surface area (Å²) in [7, 11) is 0. The van der Waals surface area contributed by atoms with E-state index in [0.29, 0.717) is 5.76 Å². The van der Waals surface area contributed by atoms with E-state index in [2.05, 4.69) is 33.2 Å². The van der Waals surface area contributed by atoms with Crippen LogP contribution < -0.4 is 0 Å². The van der Waals surface area contributed by atoms with Gasteiger partial charge < -0.3 is 8.94 Å². The molecule has 0 spiro atoms. The summed E-state index contributed by atoms with van der Waals surface area (Å²) < 4.78 is 12.0. The van der Waals surface area contributed by atoms with E-state index in [0.717, 1.165) is 56.2 Å². The van der Waals surface area contributed by atoms with Crippen LogP contribution in [0.4, 0.5) is 0 Å². The van der Waals surface area contributed by atoms with Crippen molar-refractivity contribution in [1.82, 2.24) is 19.9 Å². The summed E-state index contributed by atoms with van der Waals surface area (Å²) in [5.41, 5.74) is 2.05. The molecule has 0 aliphatic carbocycles. The van der Waals surface area contributed by atoms with Crippen LogP contribution in [0, 0.1) is 0 Å². The Bertz CT molecular complexity index is 983. The molecule has 0 amide bonds. The fraction of sp³-hybridized carbons (Fsp3) is 0.300. The zero-order chi connectivity index (χ0) is 18.1. The van der Waals surface area contributed by atoms with Crippen LogP contribution in [-0.4, -0.2) is 46.1 Å². The van der Waals surface area contributed by atoms with Gasteiger partial charge in [-0.15, -0.1) is 11.3 Å². The van der Waals surface area contributed by atoms with E-state index in [1.807, 2.05) is 24.3 Å². The number of para-hydroxylation sites is 1. The van der Waals surface area contributed by atoms with Crippen molar-refractivity contribution >= 4 is 21.6 Å². The second-order valence-electron chi connectivity index (χ2n) is 6.79. The molecule has 0 radical (unpaired) electrons. The molecule has 0 saturated carbocycles. The molecule has 1 aliphatic rings. The number of aromatic nitrogens is 2. The number of fused-ring (bicyclic) bond motifs is 1. The van der Waals surface area contributed by atoms with E-state index in [-0.39, 0.29) is 0 Å². The van der Waals surface area contributed by atoms with Gasteiger partial charge in [0.1, 0.15) is 5.01 Å². The Morgan fingerprint density at radius 3 is 2.52 bits per heavy atom. The molecule has 1 fully saturated rings. The minimum atomic E-state index is 0.685. The molecule has 1 aliphatic heterocycles. The molecular weight excluding hydrogens is 360 g/mol. The number of nitrogens with zero attached hydrogens (tertiary/aromatic N) is 4. The second kappa shape index (κ2) is 7.26. The summed E-state index contributed by atoms with van der Waals surface area (Å²) in [6.07, 6.45) is 1.64. The van der Waals surface area contributed by atoms with Gasteiger partial charge in [-0.05, 0) is 24.3 Å². The molecule has 0 atom stereocenters. The van der Waals surface area contributed by atoms with E-state index in [9.17, 15) is 0 Å². The molecule has 7 heteroatoms. The van der Waals surface area contributed by atoms with Gasteiger partial charge in [-0.25, -0.2) is 4.98 Å². The SMILES string of the molecule is c1coc(-c2cc(CN3CCN(Cc4nc5ccccc5s4)CC3)no2)c1. The monoisotopic (exact) mass is 380 g/mol. The standard InChI is InChI=1S/C20H20N4O2S/c1-2-6-19-16(4-1)21-20(27-19)14-24-9-7-23(8-10-24)13-15-12-18(26-22-15)17-5-3-11-25-17/h1-6,11-12H,7-10,13-14H2. The first-order chi connectivity index (χ1) is 13.3. The summed E-state index contributed by atoms with van der Waals surface area (Å²) in [5.74, 6) is 1.40. The molecule has 1 aromatic carbocycles. The van der Waals surface area contributed by atoms with Crippen LogP contribution >= 0.6 is 11.3 Å². The van der Waals surface area contributed by atoms with Gasteiger partial charge in [0.15, 0.2) is 5.76 Å². The maximum Gasteiger partial charge on any atom is 0.202 e. The normalized spacial score (nSPS) is 16.3. The second-order valence-corrected chi connectivity index (χ2v) is 7.90. The van der Waals surface area contributed by atoms with Crippen LogP contribution in [0.1, 0.15) is 10.7 Å². The van der Waals surface area contributed by atoms with Crippen LogP contribution in [0.3, 0.4) is 0 Å². The van der Waals surface area contributed by atoms with Gasteiger partial charge in [0.25, 0.3) is 0 Å². The third-order valence-corrected chi connectivity index (χ3v) is 5.89. The highest BCUT2D eigenvalue weighted by Crippen LogP contribution is 2.24. The number of hydrogen-bond donors (Lipinski definition) is 0. The summed E-state index contributed by atoms with van der Waals surface area (Å²) in [5, 5.41) is 5.38. The van der Waals surface area contributed by atoms with Gasteiger partial charge in [-0.1, -0.05) is 17.3 Å². The Kier molecular flexibility index (Phi) is 4.49. The van der Waals surface area contributed by atoms with Crippen LogP contribution in [0.25, 0.3) is 21.7 Å². The van der Waals surface area contributed by atoms with Gasteiger partial charge in [0.2, 0.25) is 5.76 Å². The Labute approximate surface area is 161 Å².